The fourth-order valence-electron chi connectivity index (χ4n) is 1.78. The van der Waals surface area contributed by atoms with Gasteiger partial charge in [-0.25, -0.2) is 0 Å². The van der Waals surface area contributed by atoms with E-state index >= 15 is 0 Å². The van der Waals surface area contributed by atoms with E-state index in [1.54, 1.807) is 0 Å². The Hall–Kier alpha value is -0.0800. The summed E-state index contributed by atoms with van der Waals surface area (Å²) in [5, 5.41) is 0. The molecule has 1 heterocycles. The first kappa shape index (κ1) is 12.0. The van der Waals surface area contributed by atoms with E-state index in [0.717, 1.165) is 25.7 Å². The lowest BCUT2D eigenvalue weighted by Gasteiger charge is -2.26. The smallest absolute Gasteiger partial charge is 0.0593 e. The number of hydrogen-bond donors (Lipinski definition) is 0. The second kappa shape index (κ2) is 7.24. The summed E-state index contributed by atoms with van der Waals surface area (Å²) in [6.45, 7) is 10.0. The molecule has 0 aromatic carbocycles. The van der Waals surface area contributed by atoms with Crippen molar-refractivity contribution in [2.75, 3.05) is 32.8 Å². The predicted octanol–water partition coefficient (Wildman–Crippen LogP) is 2.54. The Kier molecular flexibility index (Phi) is 6.20. The molecule has 2 nitrogen and oxygen atoms in total. The lowest BCUT2D eigenvalue weighted by Crippen LogP contribution is -2.32. The van der Waals surface area contributed by atoms with E-state index in [1.165, 1.54) is 38.8 Å². The summed E-state index contributed by atoms with van der Waals surface area (Å²) in [7, 11) is 0. The van der Waals surface area contributed by atoms with Crippen LogP contribution in [0.3, 0.4) is 0 Å². The zero-order chi connectivity index (χ0) is 10.2. The van der Waals surface area contributed by atoms with E-state index in [2.05, 4.69) is 18.7 Å². The molecule has 0 N–H and O–H groups in total. The van der Waals surface area contributed by atoms with Gasteiger partial charge < -0.3 is 9.64 Å². The summed E-state index contributed by atoms with van der Waals surface area (Å²) in [6, 6.07) is 0. The van der Waals surface area contributed by atoms with Crippen LogP contribution in [0.5, 0.6) is 0 Å². The van der Waals surface area contributed by atoms with E-state index in [9.17, 15) is 0 Å². The van der Waals surface area contributed by atoms with Gasteiger partial charge in [0.15, 0.2) is 0 Å². The Balaban J connectivity index is 1.92. The van der Waals surface area contributed by atoms with Crippen molar-refractivity contribution in [2.24, 2.45) is 5.92 Å². The molecule has 0 amide bonds. The zero-order valence-electron chi connectivity index (χ0n) is 9.80. The standard InChI is InChI=1S/C12H25NO/c1-3-12(2)11-14-10-9-13-7-5-4-6-8-13/h12H,3-11H2,1-2H3. The Morgan fingerprint density at radius 2 is 1.93 bits per heavy atom. The average Bonchev–Trinajstić information content (AvgIpc) is 2.25. The highest BCUT2D eigenvalue weighted by atomic mass is 16.5. The van der Waals surface area contributed by atoms with Gasteiger partial charge in [0.05, 0.1) is 6.61 Å². The monoisotopic (exact) mass is 199 g/mol. The summed E-state index contributed by atoms with van der Waals surface area (Å²) < 4.78 is 5.65. The molecule has 0 saturated carbocycles. The van der Waals surface area contributed by atoms with E-state index < -0.39 is 0 Å². The van der Waals surface area contributed by atoms with E-state index in [0.29, 0.717) is 0 Å². The number of nitrogens with zero attached hydrogens (tertiary/aromatic N) is 1. The molecule has 1 unspecified atom stereocenters. The van der Waals surface area contributed by atoms with Gasteiger partial charge in [-0.2, -0.15) is 0 Å². The van der Waals surface area contributed by atoms with Crippen molar-refractivity contribution in [3.05, 3.63) is 0 Å². The number of piperidine rings is 1. The van der Waals surface area contributed by atoms with Crippen molar-refractivity contribution in [1.82, 2.24) is 4.90 Å². The van der Waals surface area contributed by atoms with Crippen molar-refractivity contribution >= 4 is 0 Å². The summed E-state index contributed by atoms with van der Waals surface area (Å²) in [6.07, 6.45) is 5.41. The van der Waals surface area contributed by atoms with Crippen LogP contribution in [0.15, 0.2) is 0 Å². The number of rotatable bonds is 6. The minimum absolute atomic E-state index is 0.719. The molecule has 2 heteroatoms. The first-order chi connectivity index (χ1) is 6.83. The number of ether oxygens (including phenoxy) is 1. The quantitative estimate of drug-likeness (QED) is 0.610. The average molecular weight is 199 g/mol. The predicted molar refractivity (Wildman–Crippen MR) is 60.6 cm³/mol. The normalized spacial score (nSPS) is 21.0. The van der Waals surface area contributed by atoms with Gasteiger partial charge in [0, 0.05) is 13.2 Å². The molecule has 0 spiro atoms. The third-order valence-electron chi connectivity index (χ3n) is 3.10. The molecule has 1 saturated heterocycles. The first-order valence-corrected chi connectivity index (χ1v) is 6.13. The minimum atomic E-state index is 0.719. The van der Waals surface area contributed by atoms with Crippen molar-refractivity contribution < 1.29 is 4.74 Å². The third kappa shape index (κ3) is 4.97. The van der Waals surface area contributed by atoms with Crippen LogP contribution in [0.4, 0.5) is 0 Å². The molecule has 14 heavy (non-hydrogen) atoms. The Labute approximate surface area is 88.6 Å². The Bertz CT molecular complexity index is 132. The fourth-order valence-corrected chi connectivity index (χ4v) is 1.78. The molecule has 1 aliphatic heterocycles. The van der Waals surface area contributed by atoms with Crippen LogP contribution in [0.25, 0.3) is 0 Å². The van der Waals surface area contributed by atoms with Crippen LogP contribution in [-0.2, 0) is 4.74 Å². The third-order valence-corrected chi connectivity index (χ3v) is 3.10. The number of hydrogen-bond acceptors (Lipinski definition) is 2. The summed E-state index contributed by atoms with van der Waals surface area (Å²) in [5.41, 5.74) is 0. The van der Waals surface area contributed by atoms with Crippen LogP contribution >= 0.6 is 0 Å². The molecular weight excluding hydrogens is 174 g/mol. The molecule has 1 aliphatic rings. The molecule has 0 aromatic heterocycles. The fraction of sp³-hybridized carbons (Fsp3) is 1.00. The molecule has 0 bridgehead atoms. The summed E-state index contributed by atoms with van der Waals surface area (Å²) in [5.74, 6) is 0.719. The molecule has 1 fully saturated rings. The van der Waals surface area contributed by atoms with Gasteiger partial charge in [-0.15, -0.1) is 0 Å². The molecule has 0 aromatic rings. The van der Waals surface area contributed by atoms with Gasteiger partial charge >= 0.3 is 0 Å². The Morgan fingerprint density at radius 1 is 1.21 bits per heavy atom. The van der Waals surface area contributed by atoms with Gasteiger partial charge in [-0.05, 0) is 31.8 Å². The van der Waals surface area contributed by atoms with Crippen LogP contribution in [0, 0.1) is 5.92 Å². The van der Waals surface area contributed by atoms with E-state index in [1.807, 2.05) is 0 Å². The second-order valence-electron chi connectivity index (χ2n) is 4.49. The van der Waals surface area contributed by atoms with Crippen LogP contribution in [0.1, 0.15) is 39.5 Å². The zero-order valence-corrected chi connectivity index (χ0v) is 9.80. The van der Waals surface area contributed by atoms with Crippen LogP contribution in [-0.4, -0.2) is 37.7 Å². The van der Waals surface area contributed by atoms with E-state index in [-0.39, 0.29) is 0 Å². The molecular formula is C12H25NO. The summed E-state index contributed by atoms with van der Waals surface area (Å²) in [4.78, 5) is 2.53. The maximum Gasteiger partial charge on any atom is 0.0593 e. The number of likely N-dealkylation sites (tertiary alicyclic amines) is 1. The second-order valence-corrected chi connectivity index (χ2v) is 4.49. The lowest BCUT2D eigenvalue weighted by atomic mass is 10.1. The highest BCUT2D eigenvalue weighted by Crippen LogP contribution is 2.08. The molecule has 1 atom stereocenters. The van der Waals surface area contributed by atoms with Crippen molar-refractivity contribution in [1.29, 1.82) is 0 Å². The van der Waals surface area contributed by atoms with Gasteiger partial charge in [0.1, 0.15) is 0 Å². The molecule has 0 radical (unpaired) electrons. The Morgan fingerprint density at radius 3 is 2.57 bits per heavy atom. The van der Waals surface area contributed by atoms with Crippen LogP contribution in [0.2, 0.25) is 0 Å². The van der Waals surface area contributed by atoms with Crippen molar-refractivity contribution in [3.63, 3.8) is 0 Å². The highest BCUT2D eigenvalue weighted by molar-refractivity contribution is 4.63. The van der Waals surface area contributed by atoms with Crippen LogP contribution < -0.4 is 0 Å². The topological polar surface area (TPSA) is 12.5 Å². The van der Waals surface area contributed by atoms with Gasteiger partial charge in [-0.3, -0.25) is 0 Å². The maximum atomic E-state index is 5.65. The SMILES string of the molecule is CCC(C)COCCN1CCCCC1. The van der Waals surface area contributed by atoms with Gasteiger partial charge in [0.25, 0.3) is 0 Å². The largest absolute Gasteiger partial charge is 0.380 e. The molecule has 84 valence electrons. The van der Waals surface area contributed by atoms with Crippen molar-refractivity contribution in [2.45, 2.75) is 39.5 Å². The van der Waals surface area contributed by atoms with E-state index in [4.69, 9.17) is 4.74 Å². The summed E-state index contributed by atoms with van der Waals surface area (Å²) >= 11 is 0. The maximum absolute atomic E-state index is 5.65. The van der Waals surface area contributed by atoms with Crippen molar-refractivity contribution in [3.8, 4) is 0 Å². The molecule has 0 aliphatic carbocycles. The van der Waals surface area contributed by atoms with Gasteiger partial charge in [-0.1, -0.05) is 26.7 Å². The minimum Gasteiger partial charge on any atom is -0.380 e. The first-order valence-electron chi connectivity index (χ1n) is 6.13. The molecule has 1 rings (SSSR count). The van der Waals surface area contributed by atoms with Gasteiger partial charge in [0.2, 0.25) is 0 Å². The lowest BCUT2D eigenvalue weighted by molar-refractivity contribution is 0.0756. The highest BCUT2D eigenvalue weighted by Gasteiger charge is 2.09.